The van der Waals surface area contributed by atoms with Crippen LogP contribution in [0.3, 0.4) is 0 Å². The number of nitrogens with one attached hydrogen (secondary N) is 1. The summed E-state index contributed by atoms with van der Waals surface area (Å²) in [6.07, 6.45) is -7.70. The lowest BCUT2D eigenvalue weighted by Crippen LogP contribution is -2.47. The molecular weight excluding hydrogens is 633 g/mol. The molecule has 1 aromatic heterocycles. The van der Waals surface area contributed by atoms with E-state index < -0.39 is 29.4 Å². The molecule has 0 bridgehead atoms. The Morgan fingerprint density at radius 2 is 1.52 bits per heavy atom. The van der Waals surface area contributed by atoms with Gasteiger partial charge in [-0.2, -0.15) is 26.3 Å². The Kier molecular flexibility index (Phi) is 11.3. The van der Waals surface area contributed by atoms with Crippen molar-refractivity contribution in [3.63, 3.8) is 0 Å². The fourth-order valence-electron chi connectivity index (χ4n) is 4.88. The Labute approximate surface area is 261 Å². The van der Waals surface area contributed by atoms with Crippen molar-refractivity contribution in [1.29, 1.82) is 0 Å². The summed E-state index contributed by atoms with van der Waals surface area (Å²) in [6, 6.07) is 17.1. The molecule has 236 valence electrons. The predicted molar refractivity (Wildman–Crippen MR) is 161 cm³/mol. The number of alkyl halides is 6. The summed E-state index contributed by atoms with van der Waals surface area (Å²) in [6.45, 7) is 2.74. The number of benzene rings is 3. The highest BCUT2D eigenvalue weighted by molar-refractivity contribution is 6.00. The van der Waals surface area contributed by atoms with Crippen molar-refractivity contribution >= 4 is 58.7 Å². The lowest BCUT2D eigenvalue weighted by atomic mass is 10.1. The van der Waals surface area contributed by atoms with E-state index in [1.807, 2.05) is 4.90 Å². The summed E-state index contributed by atoms with van der Waals surface area (Å²) < 4.78 is 85.1. The van der Waals surface area contributed by atoms with Crippen molar-refractivity contribution in [2.24, 2.45) is 0 Å². The number of fused-ring (bicyclic) bond motifs is 1. The second-order valence-corrected chi connectivity index (χ2v) is 9.74. The van der Waals surface area contributed by atoms with Gasteiger partial charge in [0.2, 0.25) is 0 Å². The number of aromatic nitrogens is 1. The van der Waals surface area contributed by atoms with Crippen LogP contribution >= 0.6 is 24.8 Å². The molecule has 1 aliphatic heterocycles. The van der Waals surface area contributed by atoms with Crippen molar-refractivity contribution in [1.82, 2.24) is 9.88 Å². The lowest BCUT2D eigenvalue weighted by Gasteiger charge is -2.36. The zero-order valence-corrected chi connectivity index (χ0v) is 24.6. The number of hydrogen-bond acceptors (Lipinski definition) is 6. The molecule has 3 aromatic carbocycles. The van der Waals surface area contributed by atoms with Gasteiger partial charge in [-0.15, -0.1) is 24.8 Å². The van der Waals surface area contributed by atoms with Crippen molar-refractivity contribution in [3.05, 3.63) is 95.7 Å². The smallest absolute Gasteiger partial charge is 0.418 e. The van der Waals surface area contributed by atoms with Gasteiger partial charge >= 0.3 is 18.3 Å². The number of esters is 1. The summed E-state index contributed by atoms with van der Waals surface area (Å²) in [7, 11) is 0. The van der Waals surface area contributed by atoms with Crippen LogP contribution in [0.5, 0.6) is 0 Å². The maximum atomic E-state index is 13.5. The lowest BCUT2D eigenvalue weighted by molar-refractivity contribution is -0.138. The first kappa shape index (κ1) is 34.7. The van der Waals surface area contributed by atoms with E-state index in [1.54, 1.807) is 30.3 Å². The molecule has 0 spiro atoms. The third kappa shape index (κ3) is 8.04. The monoisotopic (exact) mass is 660 g/mol. The topological polar surface area (TPSA) is 57.7 Å². The highest BCUT2D eigenvalue weighted by Gasteiger charge is 2.33. The normalized spacial score (nSPS) is 14.0. The molecule has 14 heteroatoms. The summed E-state index contributed by atoms with van der Waals surface area (Å²) in [5.41, 5.74) is -0.310. The summed E-state index contributed by atoms with van der Waals surface area (Å²) in [5, 5.41) is 3.30. The van der Waals surface area contributed by atoms with Gasteiger partial charge < -0.3 is 15.0 Å². The number of rotatable bonds is 7. The number of carbonyl (C=O) groups excluding carboxylic acids is 1. The molecule has 0 atom stereocenters. The van der Waals surface area contributed by atoms with Gasteiger partial charge in [-0.05, 0) is 42.5 Å². The van der Waals surface area contributed by atoms with E-state index in [4.69, 9.17) is 4.74 Å². The van der Waals surface area contributed by atoms with E-state index in [1.165, 1.54) is 30.5 Å². The van der Waals surface area contributed by atoms with Crippen LogP contribution in [0.15, 0.2) is 79.0 Å². The number of ether oxygens (including phenoxy) is 1. The van der Waals surface area contributed by atoms with E-state index in [-0.39, 0.29) is 47.9 Å². The fourth-order valence-corrected chi connectivity index (χ4v) is 4.88. The highest BCUT2D eigenvalue weighted by Crippen LogP contribution is 2.37. The van der Waals surface area contributed by atoms with Crippen LogP contribution in [0.1, 0.15) is 21.5 Å². The van der Waals surface area contributed by atoms with Gasteiger partial charge in [-0.1, -0.05) is 30.3 Å². The number of anilines is 3. The van der Waals surface area contributed by atoms with Crippen molar-refractivity contribution in [2.75, 3.05) is 49.5 Å². The van der Waals surface area contributed by atoms with Crippen LogP contribution < -0.4 is 10.2 Å². The minimum Gasteiger partial charge on any atom is -0.461 e. The van der Waals surface area contributed by atoms with Gasteiger partial charge in [-0.25, -0.2) is 4.79 Å². The average molecular weight is 661 g/mol. The molecule has 1 saturated heterocycles. The zero-order chi connectivity index (χ0) is 29.9. The SMILES string of the molecule is Cl.Cl.O=C(OCCN1CCN(c2cccc(C(F)(F)F)c2)CC1)c1ccccc1Nc1ccnc2c(C(F)(F)F)cccc12. The van der Waals surface area contributed by atoms with E-state index in [0.717, 1.165) is 18.2 Å². The fraction of sp³-hybridized carbons (Fsp3) is 0.267. The van der Waals surface area contributed by atoms with Crippen LogP contribution in [0, 0.1) is 0 Å². The van der Waals surface area contributed by atoms with E-state index >= 15 is 0 Å². The molecule has 1 N–H and O–H groups in total. The average Bonchev–Trinajstić information content (AvgIpc) is 2.97. The molecule has 1 aliphatic rings. The van der Waals surface area contributed by atoms with Crippen molar-refractivity contribution < 1.29 is 35.9 Å². The molecule has 0 radical (unpaired) electrons. The Balaban J connectivity index is 0.00000264. The number of para-hydroxylation sites is 2. The first-order valence-corrected chi connectivity index (χ1v) is 13.1. The summed E-state index contributed by atoms with van der Waals surface area (Å²) in [5.74, 6) is -0.602. The number of nitrogens with zero attached hydrogens (tertiary/aromatic N) is 3. The summed E-state index contributed by atoms with van der Waals surface area (Å²) >= 11 is 0. The van der Waals surface area contributed by atoms with Crippen molar-refractivity contribution in [3.8, 4) is 0 Å². The first-order chi connectivity index (χ1) is 20.0. The number of pyridine rings is 1. The number of piperazine rings is 1. The Morgan fingerprint density at radius 3 is 2.23 bits per heavy atom. The van der Waals surface area contributed by atoms with Gasteiger partial charge in [0.15, 0.2) is 0 Å². The predicted octanol–water partition coefficient (Wildman–Crippen LogP) is 7.84. The second kappa shape index (κ2) is 14.4. The molecule has 5 rings (SSSR count). The quantitative estimate of drug-likeness (QED) is 0.161. The molecule has 0 saturated carbocycles. The Morgan fingerprint density at radius 1 is 0.818 bits per heavy atom. The third-order valence-electron chi connectivity index (χ3n) is 7.04. The maximum absolute atomic E-state index is 13.5. The van der Waals surface area contributed by atoms with E-state index in [9.17, 15) is 31.1 Å². The molecule has 1 fully saturated rings. The third-order valence-corrected chi connectivity index (χ3v) is 7.04. The molecule has 0 amide bonds. The molecule has 6 nitrogen and oxygen atoms in total. The molecule has 0 unspecified atom stereocenters. The molecule has 2 heterocycles. The minimum absolute atomic E-state index is 0. The van der Waals surface area contributed by atoms with Gasteiger partial charge in [0.05, 0.1) is 27.9 Å². The van der Waals surface area contributed by atoms with Crippen LogP contribution in [-0.4, -0.2) is 55.2 Å². The molecule has 4 aromatic rings. The number of hydrogen-bond donors (Lipinski definition) is 1. The molecule has 0 aliphatic carbocycles. The standard InChI is InChI=1S/C30H26F6N4O2.2ClH/c31-29(32,33)20-5-3-6-21(19-20)40-15-13-39(14-16-40)17-18-42-28(41)23-7-1-2-10-25(23)38-26-11-12-37-27-22(26)8-4-9-24(27)30(34,35)36;;/h1-12,19H,13-18H2,(H,37,38);2*1H. The van der Waals surface area contributed by atoms with Crippen molar-refractivity contribution in [2.45, 2.75) is 12.4 Å². The van der Waals surface area contributed by atoms with Gasteiger partial charge in [0, 0.05) is 55.7 Å². The van der Waals surface area contributed by atoms with Crippen LogP contribution in [-0.2, 0) is 17.1 Å². The van der Waals surface area contributed by atoms with Crippen LogP contribution in [0.4, 0.5) is 43.4 Å². The second-order valence-electron chi connectivity index (χ2n) is 9.74. The van der Waals surface area contributed by atoms with E-state index in [0.29, 0.717) is 49.8 Å². The highest BCUT2D eigenvalue weighted by atomic mass is 35.5. The largest absolute Gasteiger partial charge is 0.461 e. The molecular formula is C30H28Cl2F6N4O2. The first-order valence-electron chi connectivity index (χ1n) is 13.1. The maximum Gasteiger partial charge on any atom is 0.418 e. The minimum atomic E-state index is -4.57. The zero-order valence-electron chi connectivity index (χ0n) is 23.0. The summed E-state index contributed by atoms with van der Waals surface area (Å²) in [4.78, 5) is 20.8. The van der Waals surface area contributed by atoms with Crippen LogP contribution in [0.25, 0.3) is 10.9 Å². The molecule has 44 heavy (non-hydrogen) atoms. The Bertz CT molecular complexity index is 1580. The number of halogens is 8. The Hall–Kier alpha value is -3.74. The van der Waals surface area contributed by atoms with E-state index in [2.05, 4.69) is 15.2 Å². The van der Waals surface area contributed by atoms with Crippen LogP contribution in [0.2, 0.25) is 0 Å². The van der Waals surface area contributed by atoms with Gasteiger partial charge in [0.1, 0.15) is 6.61 Å². The van der Waals surface area contributed by atoms with Gasteiger partial charge in [0.25, 0.3) is 0 Å². The van der Waals surface area contributed by atoms with Gasteiger partial charge in [-0.3, -0.25) is 9.88 Å². The number of carbonyl (C=O) groups is 1.